The maximum Gasteiger partial charge on any atom is 0.159 e. The Morgan fingerprint density at radius 1 is 1.16 bits per heavy atom. The molecule has 2 nitrogen and oxygen atoms in total. The van der Waals surface area contributed by atoms with E-state index in [2.05, 4.69) is 26.2 Å². The van der Waals surface area contributed by atoms with Crippen molar-refractivity contribution < 1.29 is 8.78 Å². The minimum Gasteiger partial charge on any atom is -0.306 e. The molecule has 1 atom stereocenters. The Hall–Kier alpha value is -1.33. The van der Waals surface area contributed by atoms with Crippen molar-refractivity contribution in [2.45, 2.75) is 13.0 Å². The summed E-state index contributed by atoms with van der Waals surface area (Å²) in [6.45, 7) is 2.66. The van der Waals surface area contributed by atoms with Crippen molar-refractivity contribution in [3.05, 3.63) is 63.9 Å². The highest BCUT2D eigenvalue weighted by Crippen LogP contribution is 2.24. The molecule has 1 aromatic heterocycles. The van der Waals surface area contributed by atoms with Crippen molar-refractivity contribution >= 4 is 15.9 Å². The lowest BCUT2D eigenvalue weighted by atomic mass is 10.00. The third-order valence-electron chi connectivity index (χ3n) is 2.74. The predicted octanol–water partition coefficient (Wildman–Crippen LogP) is 3.82. The summed E-state index contributed by atoms with van der Waals surface area (Å²) in [6, 6.07) is 5.61. The van der Waals surface area contributed by atoms with Gasteiger partial charge >= 0.3 is 0 Å². The van der Waals surface area contributed by atoms with E-state index in [-0.39, 0.29) is 6.04 Å². The molecule has 1 heterocycles. The van der Waals surface area contributed by atoms with Gasteiger partial charge in [-0.25, -0.2) is 8.78 Å². The molecule has 5 heteroatoms. The molecule has 0 fully saturated rings. The molecular formula is C14H13BrF2N2. The standard InChI is InChI=1S/C14H13BrF2N2/c1-2-19-14(10-5-11(15)8-18-7-10)9-3-4-12(16)13(17)6-9/h3-8,14,19H,2H2,1H3. The van der Waals surface area contributed by atoms with Crippen LogP contribution in [0.3, 0.4) is 0 Å². The molecule has 1 N–H and O–H groups in total. The normalized spacial score (nSPS) is 12.4. The molecule has 0 aliphatic carbocycles. The van der Waals surface area contributed by atoms with Gasteiger partial charge in [-0.2, -0.15) is 0 Å². The van der Waals surface area contributed by atoms with Crippen LogP contribution < -0.4 is 5.32 Å². The van der Waals surface area contributed by atoms with Gasteiger partial charge in [0.05, 0.1) is 6.04 Å². The Labute approximate surface area is 119 Å². The van der Waals surface area contributed by atoms with E-state index in [0.29, 0.717) is 12.1 Å². The first-order valence-electron chi connectivity index (χ1n) is 5.90. The Morgan fingerprint density at radius 3 is 2.58 bits per heavy atom. The fraction of sp³-hybridized carbons (Fsp3) is 0.214. The topological polar surface area (TPSA) is 24.9 Å². The van der Waals surface area contributed by atoms with Crippen LogP contribution in [0.4, 0.5) is 8.78 Å². The Balaban J connectivity index is 2.42. The first kappa shape index (κ1) is 14.1. The molecule has 1 aromatic carbocycles. The predicted molar refractivity (Wildman–Crippen MR) is 73.8 cm³/mol. The molecule has 1 unspecified atom stereocenters. The van der Waals surface area contributed by atoms with E-state index < -0.39 is 11.6 Å². The zero-order valence-electron chi connectivity index (χ0n) is 10.3. The summed E-state index contributed by atoms with van der Waals surface area (Å²) in [7, 11) is 0. The minimum absolute atomic E-state index is 0.218. The van der Waals surface area contributed by atoms with E-state index in [1.807, 2.05) is 13.0 Å². The van der Waals surface area contributed by atoms with Crippen LogP contribution in [0.2, 0.25) is 0 Å². The molecule has 0 aliphatic rings. The van der Waals surface area contributed by atoms with E-state index in [4.69, 9.17) is 0 Å². The minimum atomic E-state index is -0.844. The Morgan fingerprint density at radius 2 is 1.95 bits per heavy atom. The van der Waals surface area contributed by atoms with Crippen LogP contribution in [-0.4, -0.2) is 11.5 Å². The van der Waals surface area contributed by atoms with E-state index in [0.717, 1.165) is 16.1 Å². The summed E-state index contributed by atoms with van der Waals surface area (Å²) in [5.41, 5.74) is 1.56. The number of nitrogens with zero attached hydrogens (tertiary/aromatic N) is 1. The number of nitrogens with one attached hydrogen (secondary N) is 1. The molecule has 0 bridgehead atoms. The van der Waals surface area contributed by atoms with Gasteiger partial charge in [-0.1, -0.05) is 13.0 Å². The van der Waals surface area contributed by atoms with Gasteiger partial charge in [-0.05, 0) is 51.8 Å². The summed E-state index contributed by atoms with van der Waals surface area (Å²) in [5.74, 6) is -1.69. The third kappa shape index (κ3) is 3.36. The SMILES string of the molecule is CCNC(c1cncc(Br)c1)c1ccc(F)c(F)c1. The number of rotatable bonds is 4. The number of benzene rings is 1. The lowest BCUT2D eigenvalue weighted by molar-refractivity contribution is 0.504. The molecule has 100 valence electrons. The molecule has 0 spiro atoms. The van der Waals surface area contributed by atoms with Gasteiger partial charge in [-0.15, -0.1) is 0 Å². The largest absolute Gasteiger partial charge is 0.306 e. The van der Waals surface area contributed by atoms with Crippen molar-refractivity contribution in [3.63, 3.8) is 0 Å². The number of hydrogen-bond donors (Lipinski definition) is 1. The summed E-state index contributed by atoms with van der Waals surface area (Å²) in [5, 5.41) is 3.24. The molecule has 0 saturated carbocycles. The quantitative estimate of drug-likeness (QED) is 0.923. The van der Waals surface area contributed by atoms with Crippen LogP contribution in [0.15, 0.2) is 41.1 Å². The second-order valence-electron chi connectivity index (χ2n) is 4.10. The fourth-order valence-corrected chi connectivity index (χ4v) is 2.29. The molecule has 0 aliphatic heterocycles. The molecule has 2 aromatic rings. The van der Waals surface area contributed by atoms with Gasteiger partial charge in [0, 0.05) is 16.9 Å². The molecule has 19 heavy (non-hydrogen) atoms. The summed E-state index contributed by atoms with van der Waals surface area (Å²) >= 11 is 3.36. The van der Waals surface area contributed by atoms with E-state index >= 15 is 0 Å². The Kier molecular flexibility index (Phi) is 4.61. The van der Waals surface area contributed by atoms with Crippen LogP contribution in [0, 0.1) is 11.6 Å². The van der Waals surface area contributed by atoms with Gasteiger partial charge in [0.15, 0.2) is 11.6 Å². The summed E-state index contributed by atoms with van der Waals surface area (Å²) in [4.78, 5) is 4.10. The number of hydrogen-bond acceptors (Lipinski definition) is 2. The van der Waals surface area contributed by atoms with Crippen molar-refractivity contribution in [2.24, 2.45) is 0 Å². The van der Waals surface area contributed by atoms with Crippen molar-refractivity contribution in [1.82, 2.24) is 10.3 Å². The smallest absolute Gasteiger partial charge is 0.159 e. The number of pyridine rings is 1. The zero-order valence-corrected chi connectivity index (χ0v) is 11.9. The monoisotopic (exact) mass is 326 g/mol. The van der Waals surface area contributed by atoms with Crippen molar-refractivity contribution in [2.75, 3.05) is 6.54 Å². The average Bonchev–Trinajstić information content (AvgIpc) is 2.39. The van der Waals surface area contributed by atoms with E-state index in [1.54, 1.807) is 18.5 Å². The zero-order chi connectivity index (χ0) is 13.8. The second-order valence-corrected chi connectivity index (χ2v) is 5.02. The molecule has 0 saturated heterocycles. The maximum absolute atomic E-state index is 13.3. The first-order chi connectivity index (χ1) is 9.11. The van der Waals surface area contributed by atoms with Crippen LogP contribution >= 0.6 is 15.9 Å². The van der Waals surface area contributed by atoms with Crippen LogP contribution in [-0.2, 0) is 0 Å². The average molecular weight is 327 g/mol. The summed E-state index contributed by atoms with van der Waals surface area (Å²) < 4.78 is 27.2. The van der Waals surface area contributed by atoms with Crippen LogP contribution in [0.5, 0.6) is 0 Å². The second kappa shape index (κ2) is 6.21. The van der Waals surface area contributed by atoms with Crippen molar-refractivity contribution in [1.29, 1.82) is 0 Å². The van der Waals surface area contributed by atoms with Crippen molar-refractivity contribution in [3.8, 4) is 0 Å². The van der Waals surface area contributed by atoms with Gasteiger partial charge in [0.1, 0.15) is 0 Å². The van der Waals surface area contributed by atoms with Gasteiger partial charge in [0.25, 0.3) is 0 Å². The first-order valence-corrected chi connectivity index (χ1v) is 6.70. The van der Waals surface area contributed by atoms with Gasteiger partial charge in [-0.3, -0.25) is 4.98 Å². The maximum atomic E-state index is 13.3. The third-order valence-corrected chi connectivity index (χ3v) is 3.18. The van der Waals surface area contributed by atoms with E-state index in [1.165, 1.54) is 6.07 Å². The van der Waals surface area contributed by atoms with Crippen LogP contribution in [0.1, 0.15) is 24.1 Å². The lowest BCUT2D eigenvalue weighted by Gasteiger charge is -2.19. The number of aromatic nitrogens is 1. The highest BCUT2D eigenvalue weighted by molar-refractivity contribution is 9.10. The van der Waals surface area contributed by atoms with Crippen LogP contribution in [0.25, 0.3) is 0 Å². The molecule has 0 radical (unpaired) electrons. The number of halogens is 3. The van der Waals surface area contributed by atoms with Gasteiger partial charge < -0.3 is 5.32 Å². The fourth-order valence-electron chi connectivity index (χ4n) is 1.91. The van der Waals surface area contributed by atoms with Gasteiger partial charge in [0.2, 0.25) is 0 Å². The highest BCUT2D eigenvalue weighted by Gasteiger charge is 2.15. The Bertz CT molecular complexity index is 575. The lowest BCUT2D eigenvalue weighted by Crippen LogP contribution is -2.22. The molecular weight excluding hydrogens is 314 g/mol. The van der Waals surface area contributed by atoms with E-state index in [9.17, 15) is 8.78 Å². The molecule has 0 amide bonds. The highest BCUT2D eigenvalue weighted by atomic mass is 79.9. The summed E-state index contributed by atoms with van der Waals surface area (Å²) in [6.07, 6.45) is 3.39. The molecule has 2 rings (SSSR count).